The highest BCUT2D eigenvalue weighted by Gasteiger charge is 2.44. The smallest absolute Gasteiger partial charge is 0.306 e. The molecule has 0 spiro atoms. The van der Waals surface area contributed by atoms with Gasteiger partial charge < -0.3 is 9.64 Å². The third-order valence-electron chi connectivity index (χ3n) is 8.22. The molecule has 1 amide bonds. The number of ether oxygens (including phenoxy) is 1. The molecule has 0 saturated carbocycles. The van der Waals surface area contributed by atoms with Crippen molar-refractivity contribution in [3.8, 4) is 0 Å². The Balaban J connectivity index is 1.23. The molecule has 2 heterocycles. The van der Waals surface area contributed by atoms with Crippen molar-refractivity contribution in [3.05, 3.63) is 77.4 Å². The van der Waals surface area contributed by atoms with Crippen molar-refractivity contribution in [3.63, 3.8) is 0 Å². The Morgan fingerprint density at radius 2 is 1.62 bits per heavy atom. The first-order chi connectivity index (χ1) is 16.6. The molecule has 3 aromatic rings. The van der Waals surface area contributed by atoms with Crippen LogP contribution in [0.5, 0.6) is 0 Å². The van der Waals surface area contributed by atoms with Crippen molar-refractivity contribution < 1.29 is 14.3 Å². The lowest BCUT2D eigenvalue weighted by molar-refractivity contribution is -0.142. The summed E-state index contributed by atoms with van der Waals surface area (Å²) in [5.41, 5.74) is 4.81. The Kier molecular flexibility index (Phi) is 5.18. The van der Waals surface area contributed by atoms with Gasteiger partial charge in [-0.25, -0.2) is 0 Å². The molecule has 1 saturated heterocycles. The summed E-state index contributed by atoms with van der Waals surface area (Å²) in [6.45, 7) is 4.26. The minimum atomic E-state index is -0.441. The first-order valence-corrected chi connectivity index (χ1v) is 12.3. The number of esters is 1. The fourth-order valence-electron chi connectivity index (χ4n) is 6.65. The highest BCUT2D eigenvalue weighted by Crippen LogP contribution is 2.49. The van der Waals surface area contributed by atoms with E-state index in [0.717, 1.165) is 37.2 Å². The molecule has 0 aromatic heterocycles. The average Bonchev–Trinajstić information content (AvgIpc) is 3.31. The minimum Gasteiger partial charge on any atom is -0.469 e. The molecular weight excluding hydrogens is 424 g/mol. The zero-order valence-electron chi connectivity index (χ0n) is 19.7. The van der Waals surface area contributed by atoms with Crippen molar-refractivity contribution in [2.75, 3.05) is 25.1 Å². The zero-order chi connectivity index (χ0) is 23.4. The fourth-order valence-corrected chi connectivity index (χ4v) is 6.65. The second-order valence-corrected chi connectivity index (χ2v) is 9.89. The zero-order valence-corrected chi connectivity index (χ0v) is 19.7. The van der Waals surface area contributed by atoms with Crippen LogP contribution >= 0.6 is 0 Å². The third-order valence-corrected chi connectivity index (χ3v) is 8.22. The molecule has 3 aliphatic rings. The second kappa shape index (κ2) is 8.24. The van der Waals surface area contributed by atoms with E-state index in [2.05, 4.69) is 48.2 Å². The molecule has 5 heteroatoms. The number of nitrogens with zero attached hydrogens (tertiary/aromatic N) is 2. The largest absolute Gasteiger partial charge is 0.469 e. The summed E-state index contributed by atoms with van der Waals surface area (Å²) < 4.78 is 4.87. The minimum absolute atomic E-state index is 0.0384. The lowest BCUT2D eigenvalue weighted by Crippen LogP contribution is -2.48. The van der Waals surface area contributed by atoms with E-state index in [4.69, 9.17) is 4.74 Å². The van der Waals surface area contributed by atoms with Gasteiger partial charge >= 0.3 is 5.97 Å². The topological polar surface area (TPSA) is 49.9 Å². The predicted octanol–water partition coefficient (Wildman–Crippen LogP) is 5.16. The summed E-state index contributed by atoms with van der Waals surface area (Å²) >= 11 is 0. The molecule has 5 nitrogen and oxygen atoms in total. The highest BCUT2D eigenvalue weighted by atomic mass is 16.5. The number of piperidine rings is 1. The maximum Gasteiger partial charge on any atom is 0.306 e. The number of rotatable bonds is 4. The van der Waals surface area contributed by atoms with Gasteiger partial charge in [-0.15, -0.1) is 0 Å². The molecule has 34 heavy (non-hydrogen) atoms. The number of methoxy groups -OCH3 is 1. The fraction of sp³-hybridized carbons (Fsp3) is 0.379. The van der Waals surface area contributed by atoms with Gasteiger partial charge in [0.15, 0.2) is 0 Å². The lowest BCUT2D eigenvalue weighted by Gasteiger charge is -2.41. The monoisotopic (exact) mass is 454 g/mol. The van der Waals surface area contributed by atoms with Gasteiger partial charge in [0, 0.05) is 36.8 Å². The Morgan fingerprint density at radius 3 is 2.35 bits per heavy atom. The number of anilines is 1. The summed E-state index contributed by atoms with van der Waals surface area (Å²) in [5, 5.41) is 2.76. The molecule has 0 radical (unpaired) electrons. The van der Waals surface area contributed by atoms with Crippen LogP contribution in [0.4, 0.5) is 5.69 Å². The number of para-hydroxylation sites is 1. The number of likely N-dealkylation sites (tertiary alicyclic amines) is 1. The molecule has 174 valence electrons. The molecule has 3 unspecified atom stereocenters. The van der Waals surface area contributed by atoms with E-state index in [1.807, 2.05) is 29.2 Å². The number of hydrogen-bond acceptors (Lipinski definition) is 4. The molecule has 2 aliphatic heterocycles. The van der Waals surface area contributed by atoms with E-state index in [1.54, 1.807) is 0 Å². The van der Waals surface area contributed by atoms with Gasteiger partial charge in [-0.2, -0.15) is 0 Å². The molecular formula is C29H30N2O3. The van der Waals surface area contributed by atoms with E-state index in [-0.39, 0.29) is 24.3 Å². The lowest BCUT2D eigenvalue weighted by atomic mass is 9.93. The van der Waals surface area contributed by atoms with Crippen molar-refractivity contribution in [2.45, 2.75) is 50.1 Å². The van der Waals surface area contributed by atoms with Crippen molar-refractivity contribution >= 4 is 28.3 Å². The van der Waals surface area contributed by atoms with E-state index in [1.165, 1.54) is 29.0 Å². The van der Waals surface area contributed by atoms with Crippen LogP contribution < -0.4 is 4.90 Å². The Bertz CT molecular complexity index is 1270. The van der Waals surface area contributed by atoms with Gasteiger partial charge in [0.25, 0.3) is 0 Å². The third kappa shape index (κ3) is 3.17. The summed E-state index contributed by atoms with van der Waals surface area (Å²) in [6, 6.07) is 21.8. The first-order valence-electron chi connectivity index (χ1n) is 12.3. The summed E-state index contributed by atoms with van der Waals surface area (Å²) in [6.07, 6.45) is 1.96. The Hall–Kier alpha value is -3.18. The van der Waals surface area contributed by atoms with Crippen molar-refractivity contribution in [1.82, 2.24) is 4.90 Å². The van der Waals surface area contributed by atoms with Gasteiger partial charge in [-0.3, -0.25) is 14.5 Å². The standard InChI is InChI=1S/C29H30N2O3/c1-18-21-10-5-7-19-8-6-11-23(27(19)21)28(18)30-15-13-20(14-16-30)31-25-12-4-3-9-22(25)24(29(31)33)17-26(32)34-2/h3-12,18,20,24,28H,13-17H2,1-2H3. The Morgan fingerprint density at radius 1 is 0.941 bits per heavy atom. The second-order valence-electron chi connectivity index (χ2n) is 9.89. The highest BCUT2D eigenvalue weighted by molar-refractivity contribution is 6.07. The van der Waals surface area contributed by atoms with E-state index < -0.39 is 5.92 Å². The molecule has 1 fully saturated rings. The van der Waals surface area contributed by atoms with Gasteiger partial charge in [-0.1, -0.05) is 61.5 Å². The van der Waals surface area contributed by atoms with Gasteiger partial charge in [0.2, 0.25) is 5.91 Å². The van der Waals surface area contributed by atoms with Crippen LogP contribution in [-0.2, 0) is 14.3 Å². The molecule has 1 aliphatic carbocycles. The number of fused-ring (bicyclic) bond motifs is 1. The summed E-state index contributed by atoms with van der Waals surface area (Å²) in [7, 11) is 1.38. The van der Waals surface area contributed by atoms with Crippen LogP contribution in [0.15, 0.2) is 60.7 Å². The maximum atomic E-state index is 13.5. The quantitative estimate of drug-likeness (QED) is 0.511. The Labute approximate surface area is 200 Å². The molecule has 0 N–H and O–H groups in total. The van der Waals surface area contributed by atoms with E-state index >= 15 is 0 Å². The van der Waals surface area contributed by atoms with Gasteiger partial charge in [-0.05, 0) is 46.4 Å². The van der Waals surface area contributed by atoms with Crippen LogP contribution in [0.25, 0.3) is 10.8 Å². The summed E-state index contributed by atoms with van der Waals surface area (Å²) in [4.78, 5) is 30.1. The number of carbonyl (C=O) groups excluding carboxylic acids is 2. The van der Waals surface area contributed by atoms with Crippen LogP contribution in [0.3, 0.4) is 0 Å². The number of carbonyl (C=O) groups is 2. The molecule has 3 aromatic carbocycles. The van der Waals surface area contributed by atoms with Crippen molar-refractivity contribution in [1.29, 1.82) is 0 Å². The van der Waals surface area contributed by atoms with Gasteiger partial charge in [0.05, 0.1) is 19.4 Å². The number of amides is 1. The van der Waals surface area contributed by atoms with Crippen LogP contribution in [-0.4, -0.2) is 43.0 Å². The van der Waals surface area contributed by atoms with Crippen LogP contribution in [0, 0.1) is 0 Å². The molecule has 6 rings (SSSR count). The van der Waals surface area contributed by atoms with E-state index in [0.29, 0.717) is 12.0 Å². The van der Waals surface area contributed by atoms with Crippen LogP contribution in [0.1, 0.15) is 60.8 Å². The normalized spacial score (nSPS) is 24.6. The first kappa shape index (κ1) is 21.4. The molecule has 3 atom stereocenters. The number of hydrogen-bond donors (Lipinski definition) is 0. The van der Waals surface area contributed by atoms with Gasteiger partial charge in [0.1, 0.15) is 0 Å². The maximum absolute atomic E-state index is 13.5. The number of benzene rings is 3. The predicted molar refractivity (Wildman–Crippen MR) is 133 cm³/mol. The van der Waals surface area contributed by atoms with E-state index in [9.17, 15) is 9.59 Å². The summed E-state index contributed by atoms with van der Waals surface area (Å²) in [5.74, 6) is -0.287. The SMILES string of the molecule is COC(=O)CC1C(=O)N(C2CCN(C3c4cccc5cccc(c45)C3C)CC2)c2ccccc21. The average molecular weight is 455 g/mol. The van der Waals surface area contributed by atoms with Crippen molar-refractivity contribution in [2.24, 2.45) is 0 Å². The van der Waals surface area contributed by atoms with Crippen LogP contribution in [0.2, 0.25) is 0 Å². The molecule has 0 bridgehead atoms.